The summed E-state index contributed by atoms with van der Waals surface area (Å²) in [5, 5.41) is 10.5. The summed E-state index contributed by atoms with van der Waals surface area (Å²) in [6.45, 7) is 0.319. The lowest BCUT2D eigenvalue weighted by Crippen LogP contribution is -2.47. The second-order valence-electron chi connectivity index (χ2n) is 6.95. The van der Waals surface area contributed by atoms with Gasteiger partial charge in [-0.05, 0) is 42.0 Å². The Hall–Kier alpha value is -3.31. The number of benzene rings is 2. The molecule has 0 aromatic heterocycles. The third-order valence-electron chi connectivity index (χ3n) is 5.22. The van der Waals surface area contributed by atoms with Gasteiger partial charge in [0, 0.05) is 18.0 Å². The number of thioether (sulfide) groups is 1. The molecule has 1 saturated heterocycles. The lowest BCUT2D eigenvalue weighted by Gasteiger charge is -2.42. The number of hydrogen-bond acceptors (Lipinski definition) is 6. The number of rotatable bonds is 3. The van der Waals surface area contributed by atoms with Crippen LogP contribution in [0.2, 0.25) is 0 Å². The smallest absolute Gasteiger partial charge is 0.337 e. The summed E-state index contributed by atoms with van der Waals surface area (Å²) < 4.78 is 18.0. The second kappa shape index (κ2) is 8.20. The van der Waals surface area contributed by atoms with Gasteiger partial charge in [0.1, 0.15) is 5.82 Å². The number of halogens is 1. The average Bonchev–Trinajstić information content (AvgIpc) is 2.79. The van der Waals surface area contributed by atoms with Crippen LogP contribution in [0.1, 0.15) is 28.3 Å². The number of methoxy groups -OCH3 is 1. The van der Waals surface area contributed by atoms with Crippen molar-refractivity contribution in [2.75, 3.05) is 24.6 Å². The number of nitriles is 1. The molecule has 152 valence electrons. The van der Waals surface area contributed by atoms with Crippen molar-refractivity contribution in [2.24, 2.45) is 0 Å². The predicted molar refractivity (Wildman–Crippen MR) is 111 cm³/mol. The van der Waals surface area contributed by atoms with E-state index >= 15 is 0 Å². The lowest BCUT2D eigenvalue weighted by molar-refractivity contribution is -0.129. The zero-order valence-corrected chi connectivity index (χ0v) is 17.0. The van der Waals surface area contributed by atoms with Crippen LogP contribution in [0.25, 0.3) is 0 Å². The van der Waals surface area contributed by atoms with Crippen molar-refractivity contribution in [3.8, 4) is 6.07 Å². The molecular formula is C22H18FN3O3S. The Morgan fingerprint density at radius 1 is 1.20 bits per heavy atom. The van der Waals surface area contributed by atoms with Crippen LogP contribution in [0, 0.1) is 17.1 Å². The van der Waals surface area contributed by atoms with Crippen LogP contribution in [0.4, 0.5) is 10.1 Å². The molecule has 4 rings (SSSR count). The molecule has 0 radical (unpaired) electrons. The second-order valence-corrected chi connectivity index (χ2v) is 7.89. The van der Waals surface area contributed by atoms with Crippen molar-refractivity contribution in [3.05, 3.63) is 76.1 Å². The number of fused-ring (bicyclic) bond motifs is 1. The number of hydrogen-bond donors (Lipinski definition) is 0. The van der Waals surface area contributed by atoms with Crippen molar-refractivity contribution < 1.29 is 18.7 Å². The van der Waals surface area contributed by atoms with E-state index in [1.54, 1.807) is 29.2 Å². The quantitative estimate of drug-likeness (QED) is 0.699. The highest BCUT2D eigenvalue weighted by molar-refractivity contribution is 8.03. The van der Waals surface area contributed by atoms with E-state index in [4.69, 9.17) is 4.74 Å². The van der Waals surface area contributed by atoms with Crippen molar-refractivity contribution in [3.63, 3.8) is 0 Å². The maximum atomic E-state index is 13.3. The third-order valence-corrected chi connectivity index (χ3v) is 6.37. The number of anilines is 1. The molecule has 8 heteroatoms. The third kappa shape index (κ3) is 3.64. The number of amides is 1. The first-order valence-electron chi connectivity index (χ1n) is 9.28. The highest BCUT2D eigenvalue weighted by Gasteiger charge is 2.38. The Balaban J connectivity index is 1.59. The summed E-state index contributed by atoms with van der Waals surface area (Å²) >= 11 is 1.43. The van der Waals surface area contributed by atoms with E-state index in [-0.39, 0.29) is 24.1 Å². The van der Waals surface area contributed by atoms with Gasteiger partial charge in [-0.2, -0.15) is 5.26 Å². The molecule has 0 bridgehead atoms. The zero-order valence-electron chi connectivity index (χ0n) is 16.2. The molecule has 1 fully saturated rings. The van der Waals surface area contributed by atoms with Crippen LogP contribution in [-0.2, 0) is 9.53 Å². The molecule has 1 atom stereocenters. The van der Waals surface area contributed by atoms with E-state index in [0.29, 0.717) is 28.7 Å². The van der Waals surface area contributed by atoms with Crippen molar-refractivity contribution in [1.29, 1.82) is 5.26 Å². The summed E-state index contributed by atoms with van der Waals surface area (Å²) in [7, 11) is 1.33. The van der Waals surface area contributed by atoms with Gasteiger partial charge in [-0.25, -0.2) is 9.18 Å². The van der Waals surface area contributed by atoms with E-state index in [1.165, 1.54) is 31.0 Å². The molecule has 2 aliphatic heterocycles. The molecule has 0 saturated carbocycles. The number of esters is 1. The van der Waals surface area contributed by atoms with Crippen molar-refractivity contribution in [1.82, 2.24) is 4.90 Å². The summed E-state index contributed by atoms with van der Waals surface area (Å²) in [5.41, 5.74) is 2.61. The Bertz CT molecular complexity index is 1060. The van der Waals surface area contributed by atoms with Gasteiger partial charge in [-0.15, -0.1) is 0 Å². The van der Waals surface area contributed by atoms with Crippen LogP contribution in [0.3, 0.4) is 0 Å². The van der Waals surface area contributed by atoms with E-state index in [2.05, 4.69) is 6.07 Å². The Labute approximate surface area is 177 Å². The molecule has 2 heterocycles. The monoisotopic (exact) mass is 423 g/mol. The van der Waals surface area contributed by atoms with Gasteiger partial charge in [-0.1, -0.05) is 23.9 Å². The minimum Gasteiger partial charge on any atom is -0.465 e. The van der Waals surface area contributed by atoms with Gasteiger partial charge in [0.15, 0.2) is 0 Å². The first kappa shape index (κ1) is 20.0. The van der Waals surface area contributed by atoms with Gasteiger partial charge in [0.05, 0.1) is 41.9 Å². The lowest BCUT2D eigenvalue weighted by atomic mass is 9.86. The Morgan fingerprint density at radius 2 is 1.90 bits per heavy atom. The predicted octanol–water partition coefficient (Wildman–Crippen LogP) is 3.83. The fourth-order valence-electron chi connectivity index (χ4n) is 3.63. The summed E-state index contributed by atoms with van der Waals surface area (Å²) in [5.74, 6) is -0.654. The standard InChI is InChI=1S/C22H18FN3O3S/c1-29-22(28)15-4-8-17(9-5-15)25-12-26-20(27)10-18(14-2-6-16(23)7-3-14)19(11-24)21(26)30-13-25/h2-9,18H,10,12-13H2,1H3/t18-/m0/s1. The highest BCUT2D eigenvalue weighted by atomic mass is 32.2. The zero-order chi connectivity index (χ0) is 21.3. The number of nitrogens with zero attached hydrogens (tertiary/aromatic N) is 3. The van der Waals surface area contributed by atoms with E-state index in [9.17, 15) is 19.2 Å². The van der Waals surface area contributed by atoms with E-state index in [1.807, 2.05) is 17.0 Å². The number of carbonyl (C=O) groups excluding carboxylic acids is 2. The van der Waals surface area contributed by atoms with Gasteiger partial charge in [0.25, 0.3) is 0 Å². The molecule has 6 nitrogen and oxygen atoms in total. The van der Waals surface area contributed by atoms with Crippen molar-refractivity contribution >= 4 is 29.3 Å². The minimum absolute atomic E-state index is 0.0818. The Morgan fingerprint density at radius 3 is 2.53 bits per heavy atom. The molecule has 2 aromatic carbocycles. The van der Waals surface area contributed by atoms with Gasteiger partial charge in [0.2, 0.25) is 5.91 Å². The average molecular weight is 423 g/mol. The van der Waals surface area contributed by atoms with E-state index < -0.39 is 5.97 Å². The molecule has 0 unspecified atom stereocenters. The van der Waals surface area contributed by atoms with Crippen LogP contribution < -0.4 is 4.90 Å². The fourth-order valence-corrected chi connectivity index (χ4v) is 4.80. The summed E-state index contributed by atoms with van der Waals surface area (Å²) in [4.78, 5) is 28.2. The molecule has 0 N–H and O–H groups in total. The van der Waals surface area contributed by atoms with E-state index in [0.717, 1.165) is 11.3 Å². The largest absolute Gasteiger partial charge is 0.465 e. The molecular weight excluding hydrogens is 405 g/mol. The van der Waals surface area contributed by atoms with Gasteiger partial charge >= 0.3 is 5.97 Å². The maximum Gasteiger partial charge on any atom is 0.337 e. The van der Waals surface area contributed by atoms with Crippen LogP contribution in [0.5, 0.6) is 0 Å². The molecule has 2 aromatic rings. The Kier molecular flexibility index (Phi) is 5.46. The summed E-state index contributed by atoms with van der Waals surface area (Å²) in [6, 6.07) is 15.2. The molecule has 2 aliphatic rings. The number of ether oxygens (including phenoxy) is 1. The summed E-state index contributed by atoms with van der Waals surface area (Å²) in [6.07, 6.45) is 0.160. The van der Waals surface area contributed by atoms with Crippen LogP contribution in [-0.4, -0.2) is 36.4 Å². The van der Waals surface area contributed by atoms with Gasteiger partial charge in [-0.3, -0.25) is 9.69 Å². The van der Waals surface area contributed by atoms with Crippen LogP contribution >= 0.6 is 11.8 Å². The molecule has 0 spiro atoms. The topological polar surface area (TPSA) is 73.6 Å². The van der Waals surface area contributed by atoms with Gasteiger partial charge < -0.3 is 9.64 Å². The first-order chi connectivity index (χ1) is 14.5. The molecule has 0 aliphatic carbocycles. The normalized spacial score (nSPS) is 18.7. The minimum atomic E-state index is -0.406. The number of carbonyl (C=O) groups is 2. The fraction of sp³-hybridized carbons (Fsp3) is 0.227. The maximum absolute atomic E-state index is 13.3. The van der Waals surface area contributed by atoms with Crippen molar-refractivity contribution in [2.45, 2.75) is 12.3 Å². The number of allylic oxidation sites excluding steroid dienone is 1. The SMILES string of the molecule is COC(=O)c1ccc(N2CSC3=C(C#N)[C@H](c4ccc(F)cc4)CC(=O)N3C2)cc1. The van der Waals surface area contributed by atoms with Crippen LogP contribution in [0.15, 0.2) is 59.1 Å². The molecule has 1 amide bonds. The molecule has 30 heavy (non-hydrogen) atoms. The highest BCUT2D eigenvalue weighted by Crippen LogP contribution is 2.43. The first-order valence-corrected chi connectivity index (χ1v) is 10.3.